The number of rotatable bonds is 0. The Morgan fingerprint density at radius 2 is 2.50 bits per heavy atom. The second kappa shape index (κ2) is 2.00. The van der Waals surface area contributed by atoms with Crippen LogP contribution in [0.25, 0.3) is 0 Å². The summed E-state index contributed by atoms with van der Waals surface area (Å²) in [5.41, 5.74) is 5.35. The molecule has 4 N–H and O–H groups in total. The Bertz CT molecular complexity index is 140. The lowest BCUT2D eigenvalue weighted by atomic mass is 10.5. The van der Waals surface area contributed by atoms with Crippen LogP contribution < -0.4 is 16.4 Å². The lowest BCUT2D eigenvalue weighted by Gasteiger charge is -2.13. The van der Waals surface area contributed by atoms with E-state index in [1.165, 1.54) is 0 Å². The smallest absolute Gasteiger partial charge is 0.172 e. The number of nitrogens with one attached hydrogen (secondary N) is 2. The van der Waals surface area contributed by atoms with Gasteiger partial charge in [0.25, 0.3) is 0 Å². The van der Waals surface area contributed by atoms with E-state index in [9.17, 15) is 0 Å². The molecule has 1 heterocycles. The van der Waals surface area contributed by atoms with Gasteiger partial charge in [0.05, 0.1) is 5.82 Å². The zero-order valence-corrected chi connectivity index (χ0v) is 5.09. The molecule has 0 aromatic carbocycles. The Labute approximate surface area is 52.9 Å². The van der Waals surface area contributed by atoms with Crippen LogP contribution in [0.5, 0.6) is 0 Å². The highest BCUT2D eigenvalue weighted by Crippen LogP contribution is 1.82. The van der Waals surface area contributed by atoms with Crippen LogP contribution >= 0.6 is 12.2 Å². The van der Waals surface area contributed by atoms with Gasteiger partial charge in [0.1, 0.15) is 0 Å². The summed E-state index contributed by atoms with van der Waals surface area (Å²) in [6, 6.07) is 0. The largest absolute Gasteiger partial charge is 0.385 e. The number of hydrogen-bond donors (Lipinski definition) is 3. The van der Waals surface area contributed by atoms with E-state index in [1.807, 2.05) is 6.08 Å². The van der Waals surface area contributed by atoms with Crippen LogP contribution in [0.3, 0.4) is 0 Å². The second-order valence-electron chi connectivity index (χ2n) is 1.49. The minimum atomic E-state index is 0.602. The Balaban J connectivity index is 2.57. The van der Waals surface area contributed by atoms with Gasteiger partial charge in [-0.15, -0.1) is 0 Å². The second-order valence-corrected chi connectivity index (χ2v) is 1.90. The van der Waals surface area contributed by atoms with Crippen molar-refractivity contribution in [3.8, 4) is 0 Å². The van der Waals surface area contributed by atoms with Crippen molar-refractivity contribution in [2.45, 2.75) is 0 Å². The van der Waals surface area contributed by atoms with Crippen LogP contribution in [0.15, 0.2) is 11.9 Å². The van der Waals surface area contributed by atoms with E-state index in [4.69, 9.17) is 18.0 Å². The first-order valence-corrected chi connectivity index (χ1v) is 2.70. The quantitative estimate of drug-likeness (QED) is 0.377. The van der Waals surface area contributed by atoms with Gasteiger partial charge in [0.15, 0.2) is 5.11 Å². The highest BCUT2D eigenvalue weighted by molar-refractivity contribution is 7.80. The summed E-state index contributed by atoms with van der Waals surface area (Å²) < 4.78 is 0. The lowest BCUT2D eigenvalue weighted by molar-refractivity contribution is 0.904. The summed E-state index contributed by atoms with van der Waals surface area (Å²) in [6.45, 7) is 0.734. The molecule has 0 aromatic rings. The van der Waals surface area contributed by atoms with E-state index in [0.717, 1.165) is 6.54 Å². The Kier molecular flexibility index (Phi) is 1.34. The predicted octanol–water partition coefficient (Wildman–Crippen LogP) is -0.736. The molecule has 0 saturated carbocycles. The van der Waals surface area contributed by atoms with Crippen molar-refractivity contribution in [3.05, 3.63) is 11.9 Å². The molecule has 0 aliphatic carbocycles. The van der Waals surface area contributed by atoms with Crippen molar-refractivity contribution in [3.63, 3.8) is 0 Å². The van der Waals surface area contributed by atoms with Gasteiger partial charge in [-0.25, -0.2) is 0 Å². The normalized spacial score (nSPS) is 18.5. The fourth-order valence-electron chi connectivity index (χ4n) is 0.480. The molecule has 0 bridgehead atoms. The molecule has 3 nitrogen and oxygen atoms in total. The summed E-state index contributed by atoms with van der Waals surface area (Å²) >= 11 is 4.74. The summed E-state index contributed by atoms with van der Waals surface area (Å²) in [7, 11) is 0. The average Bonchev–Trinajstić information content (AvgIpc) is 1.64. The molecule has 0 radical (unpaired) electrons. The zero-order chi connectivity index (χ0) is 5.98. The molecular formula is C4H7N3S. The molecule has 0 atom stereocenters. The Morgan fingerprint density at radius 1 is 1.75 bits per heavy atom. The molecular weight excluding hydrogens is 122 g/mol. The SMILES string of the molecule is NC1=CCNC(=S)N1. The summed E-state index contributed by atoms with van der Waals surface area (Å²) in [6.07, 6.45) is 1.83. The van der Waals surface area contributed by atoms with Crippen LogP contribution in [-0.2, 0) is 0 Å². The van der Waals surface area contributed by atoms with Crippen molar-refractivity contribution in [2.75, 3.05) is 6.54 Å². The first kappa shape index (κ1) is 5.37. The Hall–Kier alpha value is -0.770. The van der Waals surface area contributed by atoms with E-state index in [1.54, 1.807) is 0 Å². The Morgan fingerprint density at radius 3 is 2.88 bits per heavy atom. The highest BCUT2D eigenvalue weighted by Gasteiger charge is 1.99. The van der Waals surface area contributed by atoms with Crippen molar-refractivity contribution in [1.29, 1.82) is 0 Å². The maximum Gasteiger partial charge on any atom is 0.172 e. The number of hydrogen-bond acceptors (Lipinski definition) is 2. The number of nitrogens with two attached hydrogens (primary N) is 1. The van der Waals surface area contributed by atoms with Gasteiger partial charge in [-0.05, 0) is 18.3 Å². The molecule has 1 aliphatic rings. The molecule has 8 heavy (non-hydrogen) atoms. The van der Waals surface area contributed by atoms with Crippen molar-refractivity contribution < 1.29 is 0 Å². The van der Waals surface area contributed by atoms with Crippen LogP contribution in [0.4, 0.5) is 0 Å². The minimum absolute atomic E-state index is 0.602. The van der Waals surface area contributed by atoms with Gasteiger partial charge in [-0.2, -0.15) is 0 Å². The van der Waals surface area contributed by atoms with Gasteiger partial charge in [-0.1, -0.05) is 0 Å². The summed E-state index contributed by atoms with van der Waals surface area (Å²) in [5.74, 6) is 0.633. The highest BCUT2D eigenvalue weighted by atomic mass is 32.1. The molecule has 1 aliphatic heterocycles. The van der Waals surface area contributed by atoms with E-state index >= 15 is 0 Å². The lowest BCUT2D eigenvalue weighted by Crippen LogP contribution is -2.41. The van der Waals surface area contributed by atoms with Crippen LogP contribution in [0.1, 0.15) is 0 Å². The van der Waals surface area contributed by atoms with Gasteiger partial charge in [0.2, 0.25) is 0 Å². The van der Waals surface area contributed by atoms with E-state index in [-0.39, 0.29) is 0 Å². The van der Waals surface area contributed by atoms with Gasteiger partial charge in [0, 0.05) is 6.54 Å². The van der Waals surface area contributed by atoms with Crippen molar-refractivity contribution in [2.24, 2.45) is 5.73 Å². The third kappa shape index (κ3) is 1.10. The first-order chi connectivity index (χ1) is 3.79. The molecule has 0 fully saturated rings. The maximum absolute atomic E-state index is 5.35. The molecule has 0 saturated heterocycles. The summed E-state index contributed by atoms with van der Waals surface area (Å²) in [4.78, 5) is 0. The van der Waals surface area contributed by atoms with Crippen molar-refractivity contribution in [1.82, 2.24) is 10.6 Å². The third-order valence-corrected chi connectivity index (χ3v) is 1.09. The first-order valence-electron chi connectivity index (χ1n) is 2.29. The average molecular weight is 129 g/mol. The van der Waals surface area contributed by atoms with Crippen molar-refractivity contribution >= 4 is 17.3 Å². The fourth-order valence-corrected chi connectivity index (χ4v) is 0.681. The van der Waals surface area contributed by atoms with E-state index in [0.29, 0.717) is 10.9 Å². The molecule has 0 amide bonds. The number of thiocarbonyl (C=S) groups is 1. The zero-order valence-electron chi connectivity index (χ0n) is 4.27. The molecule has 4 heteroatoms. The third-order valence-electron chi connectivity index (χ3n) is 0.842. The minimum Gasteiger partial charge on any atom is -0.385 e. The van der Waals surface area contributed by atoms with Gasteiger partial charge >= 0.3 is 0 Å². The fraction of sp³-hybridized carbons (Fsp3) is 0.250. The van der Waals surface area contributed by atoms with Crippen LogP contribution in [-0.4, -0.2) is 11.7 Å². The standard InChI is InChI=1S/C4H7N3S/c5-3-1-2-6-4(8)7-3/h1H,2,5H2,(H2,6,7,8). The van der Waals surface area contributed by atoms with Crippen LogP contribution in [0, 0.1) is 0 Å². The molecule has 0 aromatic heterocycles. The van der Waals surface area contributed by atoms with E-state index in [2.05, 4.69) is 10.6 Å². The molecule has 1 rings (SSSR count). The molecule has 0 spiro atoms. The van der Waals surface area contributed by atoms with E-state index < -0.39 is 0 Å². The monoisotopic (exact) mass is 129 g/mol. The predicted molar refractivity (Wildman–Crippen MR) is 36.0 cm³/mol. The van der Waals surface area contributed by atoms with Crippen LogP contribution in [0.2, 0.25) is 0 Å². The molecule has 0 unspecified atom stereocenters. The molecule has 44 valence electrons. The maximum atomic E-state index is 5.35. The summed E-state index contributed by atoms with van der Waals surface area (Å²) in [5, 5.41) is 6.22. The van der Waals surface area contributed by atoms with Gasteiger partial charge < -0.3 is 16.4 Å². The van der Waals surface area contributed by atoms with Gasteiger partial charge in [-0.3, -0.25) is 0 Å². The topological polar surface area (TPSA) is 50.1 Å².